The standard InChI is InChI=1S/C14H18ClN5O/c1-3-4-11(13-18-9-19-20(13)2)21-12-7-14(15,17)6-5-10(12)8-16/h5-6,9,11H,3-4,7,17H2,1-2H3. The number of hydrogen-bond donors (Lipinski definition) is 1. The Morgan fingerprint density at radius 1 is 1.67 bits per heavy atom. The van der Waals surface area contributed by atoms with Crippen molar-refractivity contribution in [1.29, 1.82) is 5.26 Å². The van der Waals surface area contributed by atoms with Crippen LogP contribution in [-0.2, 0) is 11.8 Å². The van der Waals surface area contributed by atoms with Crippen LogP contribution in [0.5, 0.6) is 0 Å². The van der Waals surface area contributed by atoms with Gasteiger partial charge in [-0.1, -0.05) is 24.9 Å². The molecule has 1 aromatic heterocycles. The summed E-state index contributed by atoms with van der Waals surface area (Å²) in [7, 11) is 1.81. The molecule has 0 aromatic carbocycles. The van der Waals surface area contributed by atoms with Gasteiger partial charge in [0.25, 0.3) is 0 Å². The SMILES string of the molecule is CCCC(OC1=C(C#N)C=CC(N)(Cl)C1)c1ncnn1C. The van der Waals surface area contributed by atoms with E-state index in [0.29, 0.717) is 17.2 Å². The first-order chi connectivity index (χ1) is 9.96. The van der Waals surface area contributed by atoms with E-state index in [9.17, 15) is 5.26 Å². The van der Waals surface area contributed by atoms with Crippen molar-refractivity contribution >= 4 is 11.6 Å². The summed E-state index contributed by atoms with van der Waals surface area (Å²) in [5.41, 5.74) is 6.35. The van der Waals surface area contributed by atoms with Gasteiger partial charge in [0.15, 0.2) is 11.9 Å². The number of aromatic nitrogens is 3. The van der Waals surface area contributed by atoms with Crippen LogP contribution in [0.4, 0.5) is 0 Å². The monoisotopic (exact) mass is 307 g/mol. The van der Waals surface area contributed by atoms with Crippen LogP contribution in [0.15, 0.2) is 29.8 Å². The van der Waals surface area contributed by atoms with Crippen molar-refractivity contribution in [1.82, 2.24) is 14.8 Å². The lowest BCUT2D eigenvalue weighted by molar-refractivity contribution is 0.0869. The Kier molecular flexibility index (Phi) is 4.66. The van der Waals surface area contributed by atoms with E-state index in [1.165, 1.54) is 6.33 Å². The number of halogens is 1. The molecule has 2 unspecified atom stereocenters. The summed E-state index contributed by atoms with van der Waals surface area (Å²) in [5, 5.41) is 13.3. The van der Waals surface area contributed by atoms with E-state index in [2.05, 4.69) is 23.1 Å². The molecule has 0 aliphatic heterocycles. The zero-order chi connectivity index (χ0) is 15.5. The van der Waals surface area contributed by atoms with E-state index in [4.69, 9.17) is 22.1 Å². The maximum Gasteiger partial charge on any atom is 0.167 e. The number of hydrogen-bond acceptors (Lipinski definition) is 5. The van der Waals surface area contributed by atoms with E-state index >= 15 is 0 Å². The van der Waals surface area contributed by atoms with Gasteiger partial charge >= 0.3 is 0 Å². The molecule has 1 heterocycles. The second-order valence-corrected chi connectivity index (χ2v) is 5.73. The van der Waals surface area contributed by atoms with Crippen LogP contribution in [0, 0.1) is 11.3 Å². The minimum absolute atomic E-state index is 0.270. The fraction of sp³-hybridized carbons (Fsp3) is 0.500. The zero-order valence-electron chi connectivity index (χ0n) is 12.1. The number of allylic oxidation sites excluding steroid dienone is 2. The molecule has 0 saturated heterocycles. The predicted octanol–water partition coefficient (Wildman–Crippen LogP) is 2.30. The molecule has 6 nitrogen and oxygen atoms in total. The Labute approximate surface area is 128 Å². The van der Waals surface area contributed by atoms with Crippen molar-refractivity contribution in [3.63, 3.8) is 0 Å². The highest BCUT2D eigenvalue weighted by Crippen LogP contribution is 2.33. The molecule has 1 aromatic rings. The molecule has 2 rings (SSSR count). The Hall–Kier alpha value is -1.84. The summed E-state index contributed by atoms with van der Waals surface area (Å²) in [6.07, 6.45) is 6.36. The Morgan fingerprint density at radius 2 is 2.43 bits per heavy atom. The van der Waals surface area contributed by atoms with Gasteiger partial charge < -0.3 is 10.5 Å². The van der Waals surface area contributed by atoms with Crippen molar-refractivity contribution in [3.05, 3.63) is 35.6 Å². The van der Waals surface area contributed by atoms with Crippen LogP contribution in [-0.4, -0.2) is 19.8 Å². The lowest BCUT2D eigenvalue weighted by atomic mass is 10.0. The highest BCUT2D eigenvalue weighted by Gasteiger charge is 2.29. The van der Waals surface area contributed by atoms with Gasteiger partial charge in [-0.25, -0.2) is 9.67 Å². The number of rotatable bonds is 5. The second-order valence-electron chi connectivity index (χ2n) is 5.02. The average molecular weight is 308 g/mol. The molecular weight excluding hydrogens is 290 g/mol. The first-order valence-electron chi connectivity index (χ1n) is 6.77. The third-order valence-corrected chi connectivity index (χ3v) is 3.51. The van der Waals surface area contributed by atoms with Gasteiger partial charge in [0.2, 0.25) is 0 Å². The lowest BCUT2D eigenvalue weighted by Crippen LogP contribution is -2.33. The number of nitriles is 1. The smallest absolute Gasteiger partial charge is 0.167 e. The molecule has 0 saturated carbocycles. The summed E-state index contributed by atoms with van der Waals surface area (Å²) >= 11 is 6.14. The normalized spacial score (nSPS) is 23.0. The van der Waals surface area contributed by atoms with Crippen LogP contribution >= 0.6 is 11.6 Å². The molecule has 1 aliphatic rings. The van der Waals surface area contributed by atoms with E-state index in [1.807, 2.05) is 7.05 Å². The quantitative estimate of drug-likeness (QED) is 0.666. The van der Waals surface area contributed by atoms with Crippen molar-refractivity contribution in [2.24, 2.45) is 12.8 Å². The van der Waals surface area contributed by atoms with Crippen molar-refractivity contribution in [3.8, 4) is 6.07 Å². The van der Waals surface area contributed by atoms with E-state index in [-0.39, 0.29) is 12.5 Å². The molecule has 112 valence electrons. The van der Waals surface area contributed by atoms with Crippen LogP contribution < -0.4 is 5.73 Å². The van der Waals surface area contributed by atoms with Gasteiger partial charge in [0, 0.05) is 13.5 Å². The molecule has 1 aliphatic carbocycles. The molecular formula is C14H18ClN5O. The third-order valence-electron chi connectivity index (χ3n) is 3.25. The zero-order valence-corrected chi connectivity index (χ0v) is 12.8. The van der Waals surface area contributed by atoms with Crippen LogP contribution in [0.3, 0.4) is 0 Å². The van der Waals surface area contributed by atoms with Crippen molar-refractivity contribution in [2.45, 2.75) is 37.3 Å². The molecule has 0 spiro atoms. The summed E-state index contributed by atoms with van der Waals surface area (Å²) in [4.78, 5) is 3.21. The van der Waals surface area contributed by atoms with Gasteiger partial charge in [-0.05, 0) is 18.6 Å². The molecule has 2 N–H and O–H groups in total. The number of ether oxygens (including phenoxy) is 1. The van der Waals surface area contributed by atoms with Gasteiger partial charge in [0.1, 0.15) is 23.2 Å². The van der Waals surface area contributed by atoms with Crippen LogP contribution in [0.25, 0.3) is 0 Å². The van der Waals surface area contributed by atoms with Crippen molar-refractivity contribution in [2.75, 3.05) is 0 Å². The maximum atomic E-state index is 9.20. The predicted molar refractivity (Wildman–Crippen MR) is 78.9 cm³/mol. The van der Waals surface area contributed by atoms with Gasteiger partial charge in [-0.15, -0.1) is 0 Å². The number of nitrogens with two attached hydrogens (primary N) is 1. The first kappa shape index (κ1) is 15.5. The first-order valence-corrected chi connectivity index (χ1v) is 7.15. The highest BCUT2D eigenvalue weighted by atomic mass is 35.5. The highest BCUT2D eigenvalue weighted by molar-refractivity contribution is 6.25. The molecule has 0 fully saturated rings. The van der Waals surface area contributed by atoms with Gasteiger partial charge in [-0.3, -0.25) is 0 Å². The fourth-order valence-electron chi connectivity index (χ4n) is 2.19. The topological polar surface area (TPSA) is 89.8 Å². The average Bonchev–Trinajstić information content (AvgIpc) is 2.84. The molecule has 0 amide bonds. The maximum absolute atomic E-state index is 9.20. The minimum Gasteiger partial charge on any atom is -0.485 e. The Bertz CT molecular complexity index is 611. The number of aryl methyl sites for hydroxylation is 1. The van der Waals surface area contributed by atoms with Crippen LogP contribution in [0.1, 0.15) is 38.1 Å². The van der Waals surface area contributed by atoms with Gasteiger partial charge in [0.05, 0.1) is 5.57 Å². The minimum atomic E-state index is -1.02. The molecule has 21 heavy (non-hydrogen) atoms. The van der Waals surface area contributed by atoms with Gasteiger partial charge in [-0.2, -0.15) is 10.4 Å². The number of alkyl halides is 1. The fourth-order valence-corrected chi connectivity index (χ4v) is 2.38. The van der Waals surface area contributed by atoms with Crippen LogP contribution in [0.2, 0.25) is 0 Å². The summed E-state index contributed by atoms with van der Waals surface area (Å²) < 4.78 is 7.68. The van der Waals surface area contributed by atoms with Crippen molar-refractivity contribution < 1.29 is 4.74 Å². The molecule has 0 radical (unpaired) electrons. The molecule has 2 atom stereocenters. The Morgan fingerprint density at radius 3 is 3.00 bits per heavy atom. The van der Waals surface area contributed by atoms with E-state index in [1.54, 1.807) is 16.8 Å². The molecule has 0 bridgehead atoms. The van der Waals surface area contributed by atoms with E-state index < -0.39 is 5.00 Å². The summed E-state index contributed by atoms with van der Waals surface area (Å²) in [6.45, 7) is 2.06. The largest absolute Gasteiger partial charge is 0.485 e. The lowest BCUT2D eigenvalue weighted by Gasteiger charge is -2.27. The summed E-state index contributed by atoms with van der Waals surface area (Å²) in [6, 6.07) is 2.11. The van der Waals surface area contributed by atoms with E-state index in [0.717, 1.165) is 12.8 Å². The second kappa shape index (κ2) is 6.29. The summed E-state index contributed by atoms with van der Waals surface area (Å²) in [5.74, 6) is 1.22. The molecule has 7 heteroatoms. The number of nitrogens with zero attached hydrogens (tertiary/aromatic N) is 4. The third kappa shape index (κ3) is 3.63. The Balaban J connectivity index is 2.28.